The van der Waals surface area contributed by atoms with E-state index in [1.54, 1.807) is 0 Å². The molecular weight excluding hydrogens is 218 g/mol. The van der Waals surface area contributed by atoms with E-state index < -0.39 is 0 Å². The van der Waals surface area contributed by atoms with Crippen molar-refractivity contribution in [3.8, 4) is 0 Å². The fourth-order valence-corrected chi connectivity index (χ4v) is 1.35. The highest BCUT2D eigenvalue weighted by Crippen LogP contribution is 2.09. The predicted octanol–water partition coefficient (Wildman–Crippen LogP) is 1.22. The van der Waals surface area contributed by atoms with Gasteiger partial charge in [0, 0.05) is 22.9 Å². The standard InChI is InChI=1S/C8H14BrN3/c9-7-4-8(12-5-7)6-11-3-1-2-10/h4-5,11-12H,1-3,6,10H2. The van der Waals surface area contributed by atoms with Gasteiger partial charge in [-0.1, -0.05) is 0 Å². The van der Waals surface area contributed by atoms with Gasteiger partial charge in [0.05, 0.1) is 0 Å². The molecule has 1 rings (SSSR count). The Bertz CT molecular complexity index is 222. The van der Waals surface area contributed by atoms with Crippen LogP contribution >= 0.6 is 15.9 Å². The van der Waals surface area contributed by atoms with Crippen LogP contribution in [0.25, 0.3) is 0 Å². The van der Waals surface area contributed by atoms with Crippen molar-refractivity contribution < 1.29 is 0 Å². The maximum Gasteiger partial charge on any atom is 0.0357 e. The van der Waals surface area contributed by atoms with Crippen molar-refractivity contribution in [2.75, 3.05) is 13.1 Å². The van der Waals surface area contributed by atoms with Crippen molar-refractivity contribution in [1.29, 1.82) is 0 Å². The largest absolute Gasteiger partial charge is 0.363 e. The number of nitrogens with two attached hydrogens (primary N) is 1. The van der Waals surface area contributed by atoms with Gasteiger partial charge in [-0.3, -0.25) is 0 Å². The Labute approximate surface area is 80.9 Å². The minimum atomic E-state index is 0.751. The maximum atomic E-state index is 5.36. The molecule has 0 aliphatic heterocycles. The molecule has 0 atom stereocenters. The van der Waals surface area contributed by atoms with Gasteiger partial charge in [0.1, 0.15) is 0 Å². The molecule has 4 N–H and O–H groups in total. The summed E-state index contributed by atoms with van der Waals surface area (Å²) in [5, 5.41) is 3.28. The van der Waals surface area contributed by atoms with E-state index >= 15 is 0 Å². The van der Waals surface area contributed by atoms with Gasteiger partial charge in [-0.05, 0) is 41.5 Å². The highest BCUT2D eigenvalue weighted by molar-refractivity contribution is 9.10. The average Bonchev–Trinajstić information content (AvgIpc) is 2.45. The quantitative estimate of drug-likeness (QED) is 0.668. The minimum Gasteiger partial charge on any atom is -0.363 e. The van der Waals surface area contributed by atoms with Gasteiger partial charge < -0.3 is 16.0 Å². The smallest absolute Gasteiger partial charge is 0.0357 e. The molecule has 0 bridgehead atoms. The summed E-state index contributed by atoms with van der Waals surface area (Å²) in [7, 11) is 0. The molecule has 3 nitrogen and oxygen atoms in total. The monoisotopic (exact) mass is 231 g/mol. The Balaban J connectivity index is 2.15. The molecule has 0 aliphatic rings. The summed E-state index contributed by atoms with van der Waals surface area (Å²) >= 11 is 3.38. The van der Waals surface area contributed by atoms with Crippen LogP contribution in [0.5, 0.6) is 0 Å². The molecule has 68 valence electrons. The topological polar surface area (TPSA) is 53.8 Å². The fraction of sp³-hybridized carbons (Fsp3) is 0.500. The van der Waals surface area contributed by atoms with Crippen LogP contribution in [0.15, 0.2) is 16.7 Å². The summed E-state index contributed by atoms with van der Waals surface area (Å²) in [6.07, 6.45) is 2.96. The molecule has 0 aliphatic carbocycles. The normalized spacial score (nSPS) is 10.5. The van der Waals surface area contributed by atoms with Crippen LogP contribution in [0, 0.1) is 0 Å². The third kappa shape index (κ3) is 3.38. The number of hydrogen-bond donors (Lipinski definition) is 3. The summed E-state index contributed by atoms with van der Waals surface area (Å²) in [4.78, 5) is 3.14. The average molecular weight is 232 g/mol. The molecule has 0 fully saturated rings. The van der Waals surface area contributed by atoms with Crippen LogP contribution in [0.4, 0.5) is 0 Å². The second-order valence-corrected chi connectivity index (χ2v) is 3.58. The molecular formula is C8H14BrN3. The zero-order valence-corrected chi connectivity index (χ0v) is 8.52. The predicted molar refractivity (Wildman–Crippen MR) is 53.9 cm³/mol. The van der Waals surface area contributed by atoms with Crippen LogP contribution in [-0.2, 0) is 6.54 Å². The van der Waals surface area contributed by atoms with Gasteiger partial charge in [-0.15, -0.1) is 0 Å². The first kappa shape index (κ1) is 9.77. The number of aromatic nitrogens is 1. The molecule has 0 amide bonds. The van der Waals surface area contributed by atoms with Gasteiger partial charge >= 0.3 is 0 Å². The molecule has 1 heterocycles. The molecule has 0 radical (unpaired) electrons. The van der Waals surface area contributed by atoms with Crippen molar-refractivity contribution in [1.82, 2.24) is 10.3 Å². The maximum absolute atomic E-state index is 5.36. The number of halogens is 1. The van der Waals surface area contributed by atoms with Crippen LogP contribution < -0.4 is 11.1 Å². The second-order valence-electron chi connectivity index (χ2n) is 2.66. The van der Waals surface area contributed by atoms with Crippen molar-refractivity contribution in [3.63, 3.8) is 0 Å². The van der Waals surface area contributed by atoms with E-state index in [1.165, 1.54) is 5.69 Å². The number of nitrogens with one attached hydrogen (secondary N) is 2. The minimum absolute atomic E-state index is 0.751. The first-order valence-electron chi connectivity index (χ1n) is 4.06. The highest BCUT2D eigenvalue weighted by Gasteiger charge is 1.94. The highest BCUT2D eigenvalue weighted by atomic mass is 79.9. The van der Waals surface area contributed by atoms with Gasteiger partial charge in [-0.25, -0.2) is 0 Å². The molecule has 1 aromatic rings. The molecule has 12 heavy (non-hydrogen) atoms. The molecule has 4 heteroatoms. The zero-order valence-electron chi connectivity index (χ0n) is 6.94. The number of hydrogen-bond acceptors (Lipinski definition) is 2. The first-order valence-corrected chi connectivity index (χ1v) is 4.86. The molecule has 0 saturated heterocycles. The number of H-pyrrole nitrogens is 1. The summed E-state index contributed by atoms with van der Waals surface area (Å²) in [6.45, 7) is 2.61. The molecule has 0 aromatic carbocycles. The number of rotatable bonds is 5. The molecule has 0 spiro atoms. The summed E-state index contributed by atoms with van der Waals surface area (Å²) < 4.78 is 1.10. The summed E-state index contributed by atoms with van der Waals surface area (Å²) in [6, 6.07) is 2.06. The SMILES string of the molecule is NCCCNCc1cc(Br)c[nH]1. The van der Waals surface area contributed by atoms with E-state index in [-0.39, 0.29) is 0 Å². The van der Waals surface area contributed by atoms with Crippen LogP contribution in [-0.4, -0.2) is 18.1 Å². The van der Waals surface area contributed by atoms with E-state index in [2.05, 4.69) is 32.3 Å². The summed E-state index contributed by atoms with van der Waals surface area (Å²) in [5.74, 6) is 0. The fourth-order valence-electron chi connectivity index (χ4n) is 0.964. The van der Waals surface area contributed by atoms with Crippen molar-refractivity contribution in [2.24, 2.45) is 5.73 Å². The lowest BCUT2D eigenvalue weighted by molar-refractivity contribution is 0.648. The second kappa shape index (κ2) is 5.35. The Kier molecular flexibility index (Phi) is 4.35. The van der Waals surface area contributed by atoms with Gasteiger partial charge in [0.15, 0.2) is 0 Å². The summed E-state index contributed by atoms with van der Waals surface area (Å²) in [5.41, 5.74) is 6.55. The Morgan fingerprint density at radius 3 is 3.00 bits per heavy atom. The van der Waals surface area contributed by atoms with Gasteiger partial charge in [0.2, 0.25) is 0 Å². The van der Waals surface area contributed by atoms with E-state index in [0.29, 0.717) is 0 Å². The first-order chi connectivity index (χ1) is 5.83. The van der Waals surface area contributed by atoms with Crippen molar-refractivity contribution in [3.05, 3.63) is 22.4 Å². The molecule has 0 unspecified atom stereocenters. The van der Waals surface area contributed by atoms with E-state index in [9.17, 15) is 0 Å². The lowest BCUT2D eigenvalue weighted by Crippen LogP contribution is -2.17. The van der Waals surface area contributed by atoms with Gasteiger partial charge in [0.25, 0.3) is 0 Å². The molecule has 0 saturated carbocycles. The zero-order chi connectivity index (χ0) is 8.81. The van der Waals surface area contributed by atoms with E-state index in [0.717, 1.165) is 30.5 Å². The van der Waals surface area contributed by atoms with Crippen LogP contribution in [0.3, 0.4) is 0 Å². The third-order valence-corrected chi connectivity index (χ3v) is 2.04. The third-order valence-electron chi connectivity index (χ3n) is 1.58. The lowest BCUT2D eigenvalue weighted by atomic mass is 10.4. The van der Waals surface area contributed by atoms with E-state index in [4.69, 9.17) is 5.73 Å². The van der Waals surface area contributed by atoms with Crippen molar-refractivity contribution >= 4 is 15.9 Å². The van der Waals surface area contributed by atoms with Crippen LogP contribution in [0.2, 0.25) is 0 Å². The van der Waals surface area contributed by atoms with Crippen LogP contribution in [0.1, 0.15) is 12.1 Å². The van der Waals surface area contributed by atoms with Gasteiger partial charge in [-0.2, -0.15) is 0 Å². The van der Waals surface area contributed by atoms with E-state index in [1.807, 2.05) is 6.20 Å². The van der Waals surface area contributed by atoms with Crippen molar-refractivity contribution in [2.45, 2.75) is 13.0 Å². The Morgan fingerprint density at radius 2 is 2.42 bits per heavy atom. The Morgan fingerprint density at radius 1 is 1.58 bits per heavy atom. The molecule has 1 aromatic heterocycles. The lowest BCUT2D eigenvalue weighted by Gasteiger charge is -2.00. The Hall–Kier alpha value is -0.320. The number of aromatic amines is 1.